The zero-order valence-electron chi connectivity index (χ0n) is 41.1. The fourth-order valence-electron chi connectivity index (χ4n) is 7.78. The molecule has 364 valence electrons. The molecule has 0 radical (unpaired) electrons. The van der Waals surface area contributed by atoms with Gasteiger partial charge < -0.3 is 27.9 Å². The molecule has 0 aromatic carbocycles. The second-order valence-electron chi connectivity index (χ2n) is 19.3. The molecule has 0 bridgehead atoms. The second kappa shape index (κ2) is 44.2. The van der Waals surface area contributed by atoms with E-state index in [1.54, 1.807) is 0 Å². The van der Waals surface area contributed by atoms with Crippen LogP contribution >= 0.6 is 7.82 Å². The van der Waals surface area contributed by atoms with Crippen LogP contribution in [0.3, 0.4) is 0 Å². The number of quaternary nitrogens is 1. The molecule has 0 amide bonds. The third kappa shape index (κ3) is 48.3. The van der Waals surface area contributed by atoms with Crippen molar-refractivity contribution in [3.8, 4) is 0 Å². The van der Waals surface area contributed by atoms with E-state index < -0.39 is 26.5 Å². The lowest BCUT2D eigenvalue weighted by Gasteiger charge is -2.28. The highest BCUT2D eigenvalue weighted by Gasteiger charge is 2.21. The second-order valence-corrected chi connectivity index (χ2v) is 20.7. The number of phosphoric acid groups is 1. The first-order valence-electron chi connectivity index (χ1n) is 26.2. The van der Waals surface area contributed by atoms with E-state index in [2.05, 4.69) is 13.8 Å². The molecule has 10 heteroatoms. The lowest BCUT2D eigenvalue weighted by Crippen LogP contribution is -2.37. The number of carbonyl (C=O) groups excluding carboxylic acids is 2. The van der Waals surface area contributed by atoms with Crippen molar-refractivity contribution in [3.63, 3.8) is 0 Å². The fourth-order valence-corrected chi connectivity index (χ4v) is 8.50. The standard InChI is InChI=1S/C51H102NO8P/c1-6-8-10-12-14-16-18-20-22-24-26-28-29-31-33-35-37-39-41-43-50(53)57-47-49(48-59-61(55,56)58-46-45-52(3,4)5)60-51(54)44-42-40-38-36-34-32-30-27-25-23-21-19-17-15-13-11-9-7-2/h49H,6-48H2,1-5H3. The predicted octanol–water partition coefficient (Wildman–Crippen LogP) is 14.9. The molecule has 0 spiro atoms. The highest BCUT2D eigenvalue weighted by atomic mass is 31.2. The SMILES string of the molecule is CCCCCCCCCCCCCCCCCCCCCC(=O)OCC(COP(=O)([O-])OCC[N+](C)(C)C)OC(=O)CCCCCCCCCCCCCCCCCCCC. The molecule has 0 saturated heterocycles. The van der Waals surface area contributed by atoms with E-state index in [4.69, 9.17) is 18.5 Å². The Morgan fingerprint density at radius 3 is 1.05 bits per heavy atom. The minimum absolute atomic E-state index is 0.0253. The normalized spacial score (nSPS) is 13.3. The maximum absolute atomic E-state index is 12.7. The molecule has 0 N–H and O–H groups in total. The van der Waals surface area contributed by atoms with Crippen molar-refractivity contribution >= 4 is 19.8 Å². The monoisotopic (exact) mass is 888 g/mol. The quantitative estimate of drug-likeness (QED) is 0.0257. The minimum atomic E-state index is -4.62. The predicted molar refractivity (Wildman–Crippen MR) is 255 cm³/mol. The molecule has 0 heterocycles. The van der Waals surface area contributed by atoms with Crippen LogP contribution in [0, 0.1) is 0 Å². The zero-order valence-corrected chi connectivity index (χ0v) is 42.0. The van der Waals surface area contributed by atoms with Crippen LogP contribution in [-0.2, 0) is 32.7 Å². The van der Waals surface area contributed by atoms with Crippen molar-refractivity contribution in [2.75, 3.05) is 47.5 Å². The van der Waals surface area contributed by atoms with Gasteiger partial charge in [0.25, 0.3) is 7.82 Å². The lowest BCUT2D eigenvalue weighted by atomic mass is 10.0. The molecular weight excluding hydrogens is 786 g/mol. The number of carbonyl (C=O) groups is 2. The van der Waals surface area contributed by atoms with Gasteiger partial charge in [0.05, 0.1) is 27.7 Å². The van der Waals surface area contributed by atoms with Gasteiger partial charge in [-0.25, -0.2) is 0 Å². The molecule has 61 heavy (non-hydrogen) atoms. The Bertz CT molecular complexity index is 1010. The van der Waals surface area contributed by atoms with E-state index in [1.807, 2.05) is 21.1 Å². The summed E-state index contributed by atoms with van der Waals surface area (Å²) in [6, 6.07) is 0. The Morgan fingerprint density at radius 1 is 0.443 bits per heavy atom. The topological polar surface area (TPSA) is 111 Å². The number of ether oxygens (including phenoxy) is 2. The zero-order chi connectivity index (χ0) is 45.0. The number of hydrogen-bond acceptors (Lipinski definition) is 8. The minimum Gasteiger partial charge on any atom is -0.756 e. The van der Waals surface area contributed by atoms with Gasteiger partial charge in [0.2, 0.25) is 0 Å². The molecule has 0 rings (SSSR count). The number of phosphoric ester groups is 1. The first kappa shape index (κ1) is 60.0. The summed E-state index contributed by atoms with van der Waals surface area (Å²) in [5, 5.41) is 0. The van der Waals surface area contributed by atoms with Gasteiger partial charge in [-0.05, 0) is 12.8 Å². The summed E-state index contributed by atoms with van der Waals surface area (Å²) in [5.74, 6) is -0.812. The Morgan fingerprint density at radius 2 is 0.738 bits per heavy atom. The number of nitrogens with zero attached hydrogens (tertiary/aromatic N) is 1. The average molecular weight is 888 g/mol. The smallest absolute Gasteiger partial charge is 0.306 e. The maximum Gasteiger partial charge on any atom is 0.306 e. The number of hydrogen-bond donors (Lipinski definition) is 0. The summed E-state index contributed by atoms with van der Waals surface area (Å²) in [6.07, 6.45) is 47.0. The summed E-state index contributed by atoms with van der Waals surface area (Å²) in [4.78, 5) is 37.7. The van der Waals surface area contributed by atoms with Crippen LogP contribution in [0.5, 0.6) is 0 Å². The summed E-state index contributed by atoms with van der Waals surface area (Å²) in [5.41, 5.74) is 0. The van der Waals surface area contributed by atoms with Gasteiger partial charge in [-0.2, -0.15) is 0 Å². The van der Waals surface area contributed by atoms with Gasteiger partial charge in [0, 0.05) is 12.8 Å². The number of esters is 2. The first-order valence-corrected chi connectivity index (χ1v) is 27.7. The number of likely N-dealkylation sites (N-methyl/N-ethyl adjacent to an activating group) is 1. The van der Waals surface area contributed by atoms with Crippen molar-refractivity contribution in [1.29, 1.82) is 0 Å². The van der Waals surface area contributed by atoms with Crippen LogP contribution in [-0.4, -0.2) is 70.0 Å². The summed E-state index contributed by atoms with van der Waals surface area (Å²) in [7, 11) is 1.19. The van der Waals surface area contributed by atoms with Gasteiger partial charge in [-0.3, -0.25) is 14.2 Å². The van der Waals surface area contributed by atoms with Crippen LogP contribution in [0.1, 0.15) is 264 Å². The van der Waals surface area contributed by atoms with Gasteiger partial charge in [-0.15, -0.1) is 0 Å². The summed E-state index contributed by atoms with van der Waals surface area (Å²) in [6.45, 7) is 4.30. The van der Waals surface area contributed by atoms with Crippen molar-refractivity contribution in [3.05, 3.63) is 0 Å². The number of unbranched alkanes of at least 4 members (excludes halogenated alkanes) is 35. The molecule has 0 saturated carbocycles. The van der Waals surface area contributed by atoms with Crippen LogP contribution < -0.4 is 4.89 Å². The molecule has 0 aliphatic carbocycles. The average Bonchev–Trinajstić information content (AvgIpc) is 3.21. The van der Waals surface area contributed by atoms with E-state index in [0.717, 1.165) is 32.1 Å². The molecule has 0 aromatic heterocycles. The highest BCUT2D eigenvalue weighted by Crippen LogP contribution is 2.38. The van der Waals surface area contributed by atoms with E-state index in [-0.39, 0.29) is 32.0 Å². The van der Waals surface area contributed by atoms with Crippen LogP contribution in [0.4, 0.5) is 0 Å². The largest absolute Gasteiger partial charge is 0.756 e. The van der Waals surface area contributed by atoms with Gasteiger partial charge in [0.15, 0.2) is 6.10 Å². The summed E-state index contributed by atoms with van der Waals surface area (Å²) < 4.78 is 34.1. The van der Waals surface area contributed by atoms with Crippen molar-refractivity contribution in [2.45, 2.75) is 270 Å². The molecule has 9 nitrogen and oxygen atoms in total. The van der Waals surface area contributed by atoms with E-state index in [9.17, 15) is 19.0 Å². The molecule has 2 atom stereocenters. The third-order valence-electron chi connectivity index (χ3n) is 11.9. The van der Waals surface area contributed by atoms with Crippen LogP contribution in [0.2, 0.25) is 0 Å². The van der Waals surface area contributed by atoms with E-state index >= 15 is 0 Å². The van der Waals surface area contributed by atoms with Crippen LogP contribution in [0.25, 0.3) is 0 Å². The van der Waals surface area contributed by atoms with Gasteiger partial charge >= 0.3 is 11.9 Å². The fraction of sp³-hybridized carbons (Fsp3) is 0.961. The van der Waals surface area contributed by atoms with Crippen molar-refractivity contribution in [1.82, 2.24) is 0 Å². The lowest BCUT2D eigenvalue weighted by molar-refractivity contribution is -0.870. The first-order chi connectivity index (χ1) is 29.5. The molecule has 0 aliphatic rings. The number of rotatable bonds is 49. The third-order valence-corrected chi connectivity index (χ3v) is 12.8. The molecule has 2 unspecified atom stereocenters. The molecular formula is C51H102NO8P. The highest BCUT2D eigenvalue weighted by molar-refractivity contribution is 7.45. The Balaban J connectivity index is 4.18. The molecule has 0 aliphatic heterocycles. The maximum atomic E-state index is 12.7. The van der Waals surface area contributed by atoms with Crippen molar-refractivity contribution in [2.24, 2.45) is 0 Å². The molecule has 0 fully saturated rings. The Hall–Kier alpha value is -0.990. The summed E-state index contributed by atoms with van der Waals surface area (Å²) >= 11 is 0. The van der Waals surface area contributed by atoms with E-state index in [1.165, 1.54) is 199 Å². The van der Waals surface area contributed by atoms with Crippen molar-refractivity contribution < 1.29 is 42.1 Å². The van der Waals surface area contributed by atoms with E-state index in [0.29, 0.717) is 17.4 Å². The van der Waals surface area contributed by atoms with Crippen LogP contribution in [0.15, 0.2) is 0 Å². The Labute approximate surface area is 378 Å². The van der Waals surface area contributed by atoms with Gasteiger partial charge in [0.1, 0.15) is 19.8 Å². The Kier molecular flexibility index (Phi) is 43.5. The van der Waals surface area contributed by atoms with Gasteiger partial charge in [-0.1, -0.05) is 239 Å². The molecule has 0 aromatic rings.